The van der Waals surface area contributed by atoms with Crippen LogP contribution in [0.15, 0.2) is 49.1 Å². The van der Waals surface area contributed by atoms with Crippen LogP contribution in [0.25, 0.3) is 0 Å². The number of hydrogen-bond donors (Lipinski definition) is 0. The van der Waals surface area contributed by atoms with Gasteiger partial charge in [-0.25, -0.2) is 4.98 Å². The van der Waals surface area contributed by atoms with E-state index in [2.05, 4.69) is 24.0 Å². The first kappa shape index (κ1) is 18.4. The molecule has 1 unspecified atom stereocenters. The largest absolute Gasteiger partial charge is 0.276 e. The molecule has 0 saturated heterocycles. The SMILES string of the molecule is CCCCCCCCCCC(C(=O)n1ccnc1)c1ccccc1. The highest BCUT2D eigenvalue weighted by molar-refractivity contribution is 5.85. The van der Waals surface area contributed by atoms with Crippen molar-refractivity contribution < 1.29 is 4.79 Å². The summed E-state index contributed by atoms with van der Waals surface area (Å²) in [6.45, 7) is 2.25. The predicted octanol–water partition coefficient (Wildman–Crippen LogP) is 5.84. The molecule has 0 fully saturated rings. The van der Waals surface area contributed by atoms with Gasteiger partial charge in [-0.1, -0.05) is 88.6 Å². The first-order chi connectivity index (χ1) is 11.8. The molecule has 2 rings (SSSR count). The van der Waals surface area contributed by atoms with Crippen LogP contribution in [0, 0.1) is 0 Å². The molecule has 3 heteroatoms. The molecule has 24 heavy (non-hydrogen) atoms. The summed E-state index contributed by atoms with van der Waals surface area (Å²) < 4.78 is 1.61. The van der Waals surface area contributed by atoms with E-state index in [1.54, 1.807) is 23.3 Å². The van der Waals surface area contributed by atoms with Crippen LogP contribution < -0.4 is 0 Å². The lowest BCUT2D eigenvalue weighted by molar-refractivity contribution is 0.0871. The number of rotatable bonds is 11. The molecular formula is C21H30N2O. The molecule has 0 spiro atoms. The third-order valence-electron chi connectivity index (χ3n) is 4.61. The molecule has 0 radical (unpaired) electrons. The van der Waals surface area contributed by atoms with E-state index >= 15 is 0 Å². The van der Waals surface area contributed by atoms with Gasteiger partial charge in [0.1, 0.15) is 6.33 Å². The van der Waals surface area contributed by atoms with Gasteiger partial charge in [-0.05, 0) is 12.0 Å². The van der Waals surface area contributed by atoms with E-state index in [4.69, 9.17) is 0 Å². The van der Waals surface area contributed by atoms with Crippen LogP contribution in [0.2, 0.25) is 0 Å². The average Bonchev–Trinajstić information content (AvgIpc) is 3.15. The summed E-state index contributed by atoms with van der Waals surface area (Å²) >= 11 is 0. The molecule has 130 valence electrons. The van der Waals surface area contributed by atoms with Crippen LogP contribution in [0.4, 0.5) is 0 Å². The average molecular weight is 326 g/mol. The van der Waals surface area contributed by atoms with Gasteiger partial charge in [0, 0.05) is 12.4 Å². The Morgan fingerprint density at radius 2 is 1.67 bits per heavy atom. The van der Waals surface area contributed by atoms with Gasteiger partial charge < -0.3 is 0 Å². The van der Waals surface area contributed by atoms with Gasteiger partial charge in [0.05, 0.1) is 5.92 Å². The summed E-state index contributed by atoms with van der Waals surface area (Å²) in [5.74, 6) is 0.0575. The van der Waals surface area contributed by atoms with Gasteiger partial charge in [-0.2, -0.15) is 0 Å². The summed E-state index contributed by atoms with van der Waals surface area (Å²) in [4.78, 5) is 16.8. The zero-order valence-corrected chi connectivity index (χ0v) is 14.9. The molecule has 0 amide bonds. The molecule has 1 heterocycles. The molecule has 0 aliphatic heterocycles. The molecular weight excluding hydrogens is 296 g/mol. The predicted molar refractivity (Wildman–Crippen MR) is 99.3 cm³/mol. The maximum absolute atomic E-state index is 12.8. The van der Waals surface area contributed by atoms with E-state index in [9.17, 15) is 4.79 Å². The second kappa shape index (κ2) is 10.8. The third-order valence-corrected chi connectivity index (χ3v) is 4.61. The van der Waals surface area contributed by atoms with Crippen molar-refractivity contribution in [2.24, 2.45) is 0 Å². The molecule has 0 aliphatic carbocycles. The number of carbonyl (C=O) groups is 1. The summed E-state index contributed by atoms with van der Waals surface area (Å²) in [6.07, 6.45) is 16.2. The molecule has 1 atom stereocenters. The molecule has 0 N–H and O–H groups in total. The quantitative estimate of drug-likeness (QED) is 0.486. The molecule has 0 saturated carbocycles. The van der Waals surface area contributed by atoms with Crippen LogP contribution in [0.1, 0.15) is 81.0 Å². The van der Waals surface area contributed by atoms with Gasteiger partial charge in [0.15, 0.2) is 0 Å². The number of aromatic nitrogens is 2. The van der Waals surface area contributed by atoms with Crippen molar-refractivity contribution in [2.45, 2.75) is 70.6 Å². The molecule has 0 bridgehead atoms. The van der Waals surface area contributed by atoms with Crippen molar-refractivity contribution in [3.05, 3.63) is 54.6 Å². The fourth-order valence-corrected chi connectivity index (χ4v) is 3.17. The molecule has 0 aliphatic rings. The van der Waals surface area contributed by atoms with Crippen molar-refractivity contribution in [2.75, 3.05) is 0 Å². The van der Waals surface area contributed by atoms with Crippen molar-refractivity contribution in [1.82, 2.24) is 9.55 Å². The van der Waals surface area contributed by atoms with Crippen molar-refractivity contribution in [1.29, 1.82) is 0 Å². The smallest absolute Gasteiger partial charge is 0.239 e. The van der Waals surface area contributed by atoms with Crippen molar-refractivity contribution in [3.8, 4) is 0 Å². The zero-order chi connectivity index (χ0) is 17.0. The Morgan fingerprint density at radius 3 is 2.29 bits per heavy atom. The summed E-state index contributed by atoms with van der Waals surface area (Å²) in [5.41, 5.74) is 1.11. The zero-order valence-electron chi connectivity index (χ0n) is 14.9. The van der Waals surface area contributed by atoms with Crippen LogP contribution in [0.5, 0.6) is 0 Å². The minimum Gasteiger partial charge on any atom is -0.276 e. The lowest BCUT2D eigenvalue weighted by Crippen LogP contribution is -2.19. The van der Waals surface area contributed by atoms with Crippen LogP contribution in [0.3, 0.4) is 0 Å². The van der Waals surface area contributed by atoms with Crippen LogP contribution >= 0.6 is 0 Å². The van der Waals surface area contributed by atoms with Crippen LogP contribution in [-0.4, -0.2) is 15.5 Å². The van der Waals surface area contributed by atoms with E-state index in [1.165, 1.54) is 44.9 Å². The van der Waals surface area contributed by atoms with Gasteiger partial charge in [-0.3, -0.25) is 9.36 Å². The second-order valence-corrected chi connectivity index (χ2v) is 6.54. The van der Waals surface area contributed by atoms with Gasteiger partial charge in [0.2, 0.25) is 5.91 Å². The Morgan fingerprint density at radius 1 is 1.00 bits per heavy atom. The second-order valence-electron chi connectivity index (χ2n) is 6.54. The maximum atomic E-state index is 12.8. The molecule has 3 nitrogen and oxygen atoms in total. The van der Waals surface area contributed by atoms with E-state index in [0.717, 1.165) is 18.4 Å². The molecule has 1 aromatic heterocycles. The Hall–Kier alpha value is -1.90. The molecule has 2 aromatic rings. The van der Waals surface area contributed by atoms with Crippen molar-refractivity contribution in [3.63, 3.8) is 0 Å². The third kappa shape index (κ3) is 5.95. The Bertz CT molecular complexity index is 563. The maximum Gasteiger partial charge on any atom is 0.239 e. The van der Waals surface area contributed by atoms with Gasteiger partial charge >= 0.3 is 0 Å². The van der Waals surface area contributed by atoms with Crippen LogP contribution in [-0.2, 0) is 0 Å². The highest BCUT2D eigenvalue weighted by Crippen LogP contribution is 2.25. The number of unbranched alkanes of at least 4 members (excludes halogenated alkanes) is 7. The first-order valence-electron chi connectivity index (χ1n) is 9.40. The Balaban J connectivity index is 1.83. The van der Waals surface area contributed by atoms with E-state index in [-0.39, 0.29) is 11.8 Å². The standard InChI is InChI=1S/C21H30N2O/c1-2-3-4-5-6-7-8-12-15-20(19-13-10-9-11-14-19)21(24)23-17-16-22-18-23/h9-11,13-14,16-18,20H,2-8,12,15H2,1H3. The lowest BCUT2D eigenvalue weighted by atomic mass is 9.92. The highest BCUT2D eigenvalue weighted by atomic mass is 16.2. The monoisotopic (exact) mass is 326 g/mol. The molecule has 1 aromatic carbocycles. The first-order valence-corrected chi connectivity index (χ1v) is 9.40. The number of benzene rings is 1. The van der Waals surface area contributed by atoms with Gasteiger partial charge in [-0.15, -0.1) is 0 Å². The van der Waals surface area contributed by atoms with E-state index in [1.807, 2.05) is 18.2 Å². The number of imidazole rings is 1. The van der Waals surface area contributed by atoms with Crippen molar-refractivity contribution >= 4 is 5.91 Å². The number of nitrogens with zero attached hydrogens (tertiary/aromatic N) is 2. The number of hydrogen-bond acceptors (Lipinski definition) is 2. The summed E-state index contributed by atoms with van der Waals surface area (Å²) in [7, 11) is 0. The topological polar surface area (TPSA) is 34.9 Å². The van der Waals surface area contributed by atoms with E-state index in [0.29, 0.717) is 0 Å². The summed E-state index contributed by atoms with van der Waals surface area (Å²) in [6, 6.07) is 10.1. The lowest BCUT2D eigenvalue weighted by Gasteiger charge is -2.16. The highest BCUT2D eigenvalue weighted by Gasteiger charge is 2.21. The van der Waals surface area contributed by atoms with E-state index < -0.39 is 0 Å². The fourth-order valence-electron chi connectivity index (χ4n) is 3.17. The Labute approximate surface area is 146 Å². The van der Waals surface area contributed by atoms with Gasteiger partial charge in [0.25, 0.3) is 0 Å². The number of carbonyl (C=O) groups excluding carboxylic acids is 1. The minimum absolute atomic E-state index is 0.0690. The Kier molecular flexibility index (Phi) is 8.29. The normalized spacial score (nSPS) is 12.2. The fraction of sp³-hybridized carbons (Fsp3) is 0.524. The minimum atomic E-state index is -0.0690. The summed E-state index contributed by atoms with van der Waals surface area (Å²) in [5, 5.41) is 0.